The minimum atomic E-state index is -0.492. The van der Waals surface area contributed by atoms with Gasteiger partial charge in [0.2, 0.25) is 0 Å². The van der Waals surface area contributed by atoms with Gasteiger partial charge in [0.1, 0.15) is 0 Å². The average molecular weight is 132 g/mol. The molecule has 54 valence electrons. The van der Waals surface area contributed by atoms with Gasteiger partial charge in [0, 0.05) is 6.42 Å². The topological polar surface area (TPSA) is 49.7 Å². The van der Waals surface area contributed by atoms with Crippen LogP contribution in [0.25, 0.3) is 0 Å². The van der Waals surface area contributed by atoms with Crippen LogP contribution in [-0.2, 0) is 4.74 Å². The molecular weight excluding hydrogens is 120 g/mol. The van der Waals surface area contributed by atoms with Gasteiger partial charge in [-0.25, -0.2) is 0 Å². The first kappa shape index (κ1) is 6.99. The van der Waals surface area contributed by atoms with E-state index in [-0.39, 0.29) is 6.10 Å². The molecule has 2 N–H and O–H groups in total. The molecule has 1 unspecified atom stereocenters. The first-order chi connectivity index (χ1) is 4.20. The van der Waals surface area contributed by atoms with Crippen LogP contribution in [0.5, 0.6) is 0 Å². The summed E-state index contributed by atoms with van der Waals surface area (Å²) in [5, 5.41) is 18.0. The Kier molecular flexibility index (Phi) is 2.05. The van der Waals surface area contributed by atoms with Crippen LogP contribution in [0.1, 0.15) is 13.3 Å². The normalized spacial score (nSPS) is 45.0. The Labute approximate surface area is 54.3 Å². The van der Waals surface area contributed by atoms with Crippen molar-refractivity contribution in [2.75, 3.05) is 6.61 Å². The summed E-state index contributed by atoms with van der Waals surface area (Å²) in [4.78, 5) is 0. The maximum Gasteiger partial charge on any atom is 0.0824 e. The molecule has 0 spiro atoms. The lowest BCUT2D eigenvalue weighted by Gasteiger charge is -2.28. The summed E-state index contributed by atoms with van der Waals surface area (Å²) in [6.07, 6.45) is -0.639. The van der Waals surface area contributed by atoms with Crippen molar-refractivity contribution in [1.82, 2.24) is 0 Å². The quantitative estimate of drug-likeness (QED) is 0.468. The van der Waals surface area contributed by atoms with E-state index in [4.69, 9.17) is 14.9 Å². The van der Waals surface area contributed by atoms with Gasteiger partial charge in [0.15, 0.2) is 0 Å². The van der Waals surface area contributed by atoms with Crippen molar-refractivity contribution in [2.45, 2.75) is 31.7 Å². The highest BCUT2D eigenvalue weighted by molar-refractivity contribution is 4.74. The Morgan fingerprint density at radius 2 is 2.11 bits per heavy atom. The highest BCUT2D eigenvalue weighted by Crippen LogP contribution is 2.12. The molecule has 0 bridgehead atoms. The van der Waals surface area contributed by atoms with Crippen LogP contribution < -0.4 is 0 Å². The Bertz CT molecular complexity index is 94.3. The number of ether oxygens (including phenoxy) is 1. The summed E-state index contributed by atoms with van der Waals surface area (Å²) in [6, 6.07) is 0. The van der Waals surface area contributed by atoms with Crippen LogP contribution in [0.2, 0.25) is 0 Å². The fourth-order valence-electron chi connectivity index (χ4n) is 0.912. The van der Waals surface area contributed by atoms with E-state index in [0.29, 0.717) is 13.0 Å². The zero-order valence-corrected chi connectivity index (χ0v) is 5.45. The van der Waals surface area contributed by atoms with Gasteiger partial charge in [-0.3, -0.25) is 0 Å². The second kappa shape index (κ2) is 2.64. The van der Waals surface area contributed by atoms with Gasteiger partial charge in [-0.05, 0) is 6.92 Å². The van der Waals surface area contributed by atoms with E-state index in [1.54, 1.807) is 6.92 Å². The van der Waals surface area contributed by atoms with Gasteiger partial charge >= 0.3 is 0 Å². The lowest BCUT2D eigenvalue weighted by molar-refractivity contribution is -0.115. The van der Waals surface area contributed by atoms with Crippen molar-refractivity contribution >= 4 is 0 Å². The van der Waals surface area contributed by atoms with E-state index in [2.05, 4.69) is 0 Å². The van der Waals surface area contributed by atoms with Crippen LogP contribution in [0.15, 0.2) is 0 Å². The highest BCUT2D eigenvalue weighted by Gasteiger charge is 2.24. The first-order valence-corrected chi connectivity index (χ1v) is 3.18. The van der Waals surface area contributed by atoms with Gasteiger partial charge in [0.25, 0.3) is 0 Å². The Morgan fingerprint density at radius 1 is 1.44 bits per heavy atom. The molecule has 3 atom stereocenters. The molecule has 1 heterocycles. The van der Waals surface area contributed by atoms with Crippen LogP contribution >= 0.6 is 0 Å². The Morgan fingerprint density at radius 3 is 2.56 bits per heavy atom. The van der Waals surface area contributed by atoms with Crippen molar-refractivity contribution in [2.24, 2.45) is 0 Å². The smallest absolute Gasteiger partial charge is 0.0824 e. The molecule has 3 nitrogen and oxygen atoms in total. The SMILES string of the molecule is C[C@H]1OC[C@H](O)CC1O. The first-order valence-electron chi connectivity index (χ1n) is 3.18. The fourth-order valence-corrected chi connectivity index (χ4v) is 0.912. The molecule has 3 heteroatoms. The standard InChI is InChI=1S/C6H12O3/c1-4-6(8)2-5(7)3-9-4/h4-8H,2-3H2,1H3/t4-,5-,6?/m1/s1. The molecule has 0 saturated carbocycles. The zero-order chi connectivity index (χ0) is 6.85. The van der Waals surface area contributed by atoms with Gasteiger partial charge in [-0.15, -0.1) is 0 Å². The van der Waals surface area contributed by atoms with Crippen molar-refractivity contribution in [3.05, 3.63) is 0 Å². The molecule has 0 radical (unpaired) electrons. The van der Waals surface area contributed by atoms with E-state index in [1.165, 1.54) is 0 Å². The average Bonchev–Trinajstić information content (AvgIpc) is 1.80. The Balaban J connectivity index is 2.35. The van der Waals surface area contributed by atoms with Crippen molar-refractivity contribution in [3.8, 4) is 0 Å². The third kappa shape index (κ3) is 1.64. The highest BCUT2D eigenvalue weighted by atomic mass is 16.5. The second-order valence-corrected chi connectivity index (χ2v) is 2.50. The number of hydrogen-bond donors (Lipinski definition) is 2. The number of aliphatic hydroxyl groups excluding tert-OH is 2. The predicted octanol–water partition coefficient (Wildman–Crippen LogP) is -0.483. The lowest BCUT2D eigenvalue weighted by atomic mass is 10.1. The monoisotopic (exact) mass is 132 g/mol. The van der Waals surface area contributed by atoms with Crippen LogP contribution in [0.4, 0.5) is 0 Å². The summed E-state index contributed by atoms with van der Waals surface area (Å²) in [5.41, 5.74) is 0. The van der Waals surface area contributed by atoms with E-state index in [9.17, 15) is 0 Å². The van der Waals surface area contributed by atoms with E-state index in [0.717, 1.165) is 0 Å². The van der Waals surface area contributed by atoms with E-state index < -0.39 is 12.2 Å². The molecular formula is C6H12O3. The molecule has 0 aromatic carbocycles. The molecule has 0 aliphatic carbocycles. The lowest BCUT2D eigenvalue weighted by Crippen LogP contribution is -2.39. The molecule has 1 aliphatic rings. The number of rotatable bonds is 0. The third-order valence-corrected chi connectivity index (χ3v) is 1.61. The second-order valence-electron chi connectivity index (χ2n) is 2.50. The number of aliphatic hydroxyl groups is 2. The van der Waals surface area contributed by atoms with Crippen LogP contribution in [0.3, 0.4) is 0 Å². The summed E-state index contributed by atoms with van der Waals surface area (Å²) in [7, 11) is 0. The van der Waals surface area contributed by atoms with Crippen LogP contribution in [0, 0.1) is 0 Å². The fraction of sp³-hybridized carbons (Fsp3) is 1.00. The van der Waals surface area contributed by atoms with E-state index >= 15 is 0 Å². The molecule has 0 aromatic rings. The van der Waals surface area contributed by atoms with Crippen LogP contribution in [-0.4, -0.2) is 35.1 Å². The molecule has 0 amide bonds. The summed E-state index contributed by atoms with van der Waals surface area (Å²) in [5.74, 6) is 0. The van der Waals surface area contributed by atoms with E-state index in [1.807, 2.05) is 0 Å². The van der Waals surface area contributed by atoms with Crippen molar-refractivity contribution < 1.29 is 14.9 Å². The minimum Gasteiger partial charge on any atom is -0.391 e. The molecule has 1 rings (SSSR count). The third-order valence-electron chi connectivity index (χ3n) is 1.61. The Hall–Kier alpha value is -0.120. The molecule has 0 aromatic heterocycles. The summed E-state index contributed by atoms with van der Waals surface area (Å²) in [6.45, 7) is 2.16. The molecule has 1 aliphatic heterocycles. The summed E-state index contributed by atoms with van der Waals surface area (Å²) < 4.78 is 5.00. The molecule has 1 fully saturated rings. The van der Waals surface area contributed by atoms with Gasteiger partial charge < -0.3 is 14.9 Å². The minimum absolute atomic E-state index is 0.117. The largest absolute Gasteiger partial charge is 0.391 e. The maximum atomic E-state index is 9.06. The zero-order valence-electron chi connectivity index (χ0n) is 5.45. The number of hydrogen-bond acceptors (Lipinski definition) is 3. The molecule has 9 heavy (non-hydrogen) atoms. The van der Waals surface area contributed by atoms with Crippen molar-refractivity contribution in [3.63, 3.8) is 0 Å². The van der Waals surface area contributed by atoms with Gasteiger partial charge in [0.05, 0.1) is 24.9 Å². The van der Waals surface area contributed by atoms with Gasteiger partial charge in [-0.2, -0.15) is 0 Å². The van der Waals surface area contributed by atoms with Gasteiger partial charge in [-0.1, -0.05) is 0 Å². The molecule has 1 saturated heterocycles. The van der Waals surface area contributed by atoms with Crippen molar-refractivity contribution in [1.29, 1.82) is 0 Å². The maximum absolute atomic E-state index is 9.06. The predicted molar refractivity (Wildman–Crippen MR) is 32.0 cm³/mol. The summed E-state index contributed by atoms with van der Waals surface area (Å²) >= 11 is 0.